The van der Waals surface area contributed by atoms with Gasteiger partial charge in [0.2, 0.25) is 5.91 Å². The molecule has 3 atom stereocenters. The summed E-state index contributed by atoms with van der Waals surface area (Å²) in [5.74, 6) is -1.58. The highest BCUT2D eigenvalue weighted by Crippen LogP contribution is 2.12. The van der Waals surface area contributed by atoms with Crippen LogP contribution in [-0.2, 0) is 14.9 Å². The van der Waals surface area contributed by atoms with Gasteiger partial charge >= 0.3 is 0 Å². The number of aliphatic hydroxyl groups is 2. The average molecular weight is 654 g/mol. The molecule has 7 nitrogen and oxygen atoms in total. The molecule has 8 heteroatoms. The second-order valence-electron chi connectivity index (χ2n) is 12.3. The van der Waals surface area contributed by atoms with Crippen LogP contribution in [-0.4, -0.2) is 53.1 Å². The first-order valence-electron chi connectivity index (χ1n) is 18.0. The lowest BCUT2D eigenvalue weighted by Gasteiger charge is -2.22. The number of unbranched alkanes of at least 4 members (excludes halogenated alkanes) is 17. The molecule has 262 valence electrons. The Hall–Kier alpha value is -1.74. The van der Waals surface area contributed by atoms with Crippen molar-refractivity contribution in [3.8, 4) is 0 Å². The average Bonchev–Trinajstić information content (AvgIpc) is 3.00. The third kappa shape index (κ3) is 30.7. The van der Waals surface area contributed by atoms with Crippen molar-refractivity contribution in [1.29, 1.82) is 0 Å². The van der Waals surface area contributed by atoms with E-state index in [2.05, 4.69) is 55.6 Å². The van der Waals surface area contributed by atoms with E-state index in [0.717, 1.165) is 51.4 Å². The molecule has 3 unspecified atom stereocenters. The maximum atomic E-state index is 12.5. The van der Waals surface area contributed by atoms with Gasteiger partial charge < -0.3 is 15.5 Å². The number of aliphatic hydroxyl groups excluding tert-OH is 2. The molecule has 0 aliphatic rings. The van der Waals surface area contributed by atoms with Crippen LogP contribution >= 0.6 is 0 Å². The second kappa shape index (κ2) is 30.9. The third-order valence-electron chi connectivity index (χ3n) is 7.86. The highest BCUT2D eigenvalue weighted by molar-refractivity contribution is 7.85. The molecule has 0 aromatic rings. The van der Waals surface area contributed by atoms with Crippen LogP contribution in [0.25, 0.3) is 0 Å². The van der Waals surface area contributed by atoms with E-state index in [1.165, 1.54) is 76.7 Å². The van der Waals surface area contributed by atoms with E-state index in [9.17, 15) is 28.0 Å². The van der Waals surface area contributed by atoms with Crippen LogP contribution < -0.4 is 5.32 Å². The highest BCUT2D eigenvalue weighted by atomic mass is 32.2. The topological polar surface area (TPSA) is 124 Å². The van der Waals surface area contributed by atoms with Crippen molar-refractivity contribution in [2.24, 2.45) is 0 Å². The minimum absolute atomic E-state index is 0.254. The molecule has 0 aromatic heterocycles. The van der Waals surface area contributed by atoms with Gasteiger partial charge in [-0.25, -0.2) is 0 Å². The maximum absolute atomic E-state index is 12.5. The van der Waals surface area contributed by atoms with Crippen LogP contribution in [0, 0.1) is 0 Å². The smallest absolute Gasteiger partial charge is 0.267 e. The maximum Gasteiger partial charge on any atom is 0.267 e. The molecule has 45 heavy (non-hydrogen) atoms. The molecule has 1 amide bonds. The van der Waals surface area contributed by atoms with Gasteiger partial charge in [-0.2, -0.15) is 8.42 Å². The van der Waals surface area contributed by atoms with Gasteiger partial charge in [0.25, 0.3) is 10.1 Å². The number of carbonyl (C=O) groups excluding carboxylic acids is 1. The summed E-state index contributed by atoms with van der Waals surface area (Å²) in [6.07, 6.45) is 37.3. The first-order chi connectivity index (χ1) is 21.7. The standard InChI is InChI=1S/C37H67NO6S/c1-3-5-7-9-11-13-15-17-19-21-23-25-27-29-31-35(39)34(33-45(42,43)44)38-37(41)36(40)32-30-28-26-24-22-20-18-16-14-12-10-8-6-4-2/h12,14,16,18,21,23,29,31,34-36,39-40H,3-11,13,15,17,19-20,22,24-28,30,32-33H2,1-2H3,(H,38,41)(H,42,43,44)/b14-12-,18-16-,23-21+,31-29+. The molecule has 0 saturated heterocycles. The molecule has 0 saturated carbocycles. The van der Waals surface area contributed by atoms with Gasteiger partial charge in [0.05, 0.1) is 17.9 Å². The summed E-state index contributed by atoms with van der Waals surface area (Å²) in [4.78, 5) is 12.5. The van der Waals surface area contributed by atoms with Crippen molar-refractivity contribution in [1.82, 2.24) is 5.32 Å². The Morgan fingerprint density at radius 3 is 1.64 bits per heavy atom. The van der Waals surface area contributed by atoms with E-state index in [4.69, 9.17) is 0 Å². The molecule has 0 bridgehead atoms. The van der Waals surface area contributed by atoms with Crippen LogP contribution in [0.4, 0.5) is 0 Å². The molecule has 0 spiro atoms. The highest BCUT2D eigenvalue weighted by Gasteiger charge is 2.27. The zero-order valence-corrected chi connectivity index (χ0v) is 29.4. The molecule has 0 aliphatic heterocycles. The van der Waals surface area contributed by atoms with Gasteiger partial charge in [-0.05, 0) is 57.8 Å². The Labute approximate surface area is 276 Å². The second-order valence-corrected chi connectivity index (χ2v) is 13.8. The van der Waals surface area contributed by atoms with E-state index < -0.39 is 40.0 Å². The third-order valence-corrected chi connectivity index (χ3v) is 8.64. The minimum atomic E-state index is -4.45. The predicted octanol–water partition coefficient (Wildman–Crippen LogP) is 8.93. The lowest BCUT2D eigenvalue weighted by Crippen LogP contribution is -2.50. The summed E-state index contributed by atoms with van der Waals surface area (Å²) >= 11 is 0. The Morgan fingerprint density at radius 2 is 1.07 bits per heavy atom. The van der Waals surface area contributed by atoms with E-state index in [1.54, 1.807) is 6.08 Å². The fourth-order valence-corrected chi connectivity index (χ4v) is 5.78. The number of amides is 1. The van der Waals surface area contributed by atoms with Crippen molar-refractivity contribution in [3.05, 3.63) is 48.6 Å². The summed E-state index contributed by atoms with van der Waals surface area (Å²) in [6, 6.07) is -1.25. The number of rotatable bonds is 31. The van der Waals surface area contributed by atoms with Gasteiger partial charge in [0.1, 0.15) is 6.10 Å². The Balaban J connectivity index is 4.24. The van der Waals surface area contributed by atoms with Crippen molar-refractivity contribution in [3.63, 3.8) is 0 Å². The number of carbonyl (C=O) groups is 1. The molecule has 0 fully saturated rings. The summed E-state index contributed by atoms with van der Waals surface area (Å²) < 4.78 is 32.3. The van der Waals surface area contributed by atoms with E-state index in [1.807, 2.05) is 0 Å². The fourth-order valence-electron chi connectivity index (χ4n) is 5.05. The first-order valence-corrected chi connectivity index (χ1v) is 19.6. The van der Waals surface area contributed by atoms with Crippen molar-refractivity contribution in [2.75, 3.05) is 5.75 Å². The zero-order chi connectivity index (χ0) is 33.4. The predicted molar refractivity (Wildman–Crippen MR) is 190 cm³/mol. The van der Waals surface area contributed by atoms with Gasteiger partial charge in [-0.1, -0.05) is 146 Å². The zero-order valence-electron chi connectivity index (χ0n) is 28.6. The molecule has 0 heterocycles. The molecule has 0 aromatic carbocycles. The molecule has 0 aliphatic carbocycles. The van der Waals surface area contributed by atoms with Gasteiger partial charge in [-0.15, -0.1) is 0 Å². The number of allylic oxidation sites excluding steroid dienone is 7. The van der Waals surface area contributed by atoms with Gasteiger partial charge in [0.15, 0.2) is 0 Å². The number of hydrogen-bond acceptors (Lipinski definition) is 5. The lowest BCUT2D eigenvalue weighted by molar-refractivity contribution is -0.130. The first kappa shape index (κ1) is 43.3. The van der Waals surface area contributed by atoms with E-state index >= 15 is 0 Å². The van der Waals surface area contributed by atoms with Gasteiger partial charge in [-0.3, -0.25) is 9.35 Å². The SMILES string of the molecule is CCCCC/C=C\C=C/CCCCCCCC(O)C(=O)NC(CS(=O)(=O)O)C(O)/C=C/CC/C=C/CCCCCCCCCC. The van der Waals surface area contributed by atoms with Gasteiger partial charge in [0, 0.05) is 0 Å². The van der Waals surface area contributed by atoms with Crippen LogP contribution in [0.15, 0.2) is 48.6 Å². The Bertz CT molecular complexity index is 912. The molecule has 4 N–H and O–H groups in total. The minimum Gasteiger partial charge on any atom is -0.387 e. The largest absolute Gasteiger partial charge is 0.387 e. The normalized spacial score (nSPS) is 14.7. The number of hydrogen-bond donors (Lipinski definition) is 4. The quantitative estimate of drug-likeness (QED) is 0.0256. The van der Waals surface area contributed by atoms with Crippen molar-refractivity contribution < 1.29 is 28.0 Å². The van der Waals surface area contributed by atoms with Crippen LogP contribution in [0.5, 0.6) is 0 Å². The Kier molecular flexibility index (Phi) is 29.7. The summed E-state index contributed by atoms with van der Waals surface area (Å²) in [5.41, 5.74) is 0. The van der Waals surface area contributed by atoms with E-state index in [-0.39, 0.29) is 6.42 Å². The summed E-state index contributed by atoms with van der Waals surface area (Å²) in [5, 5.41) is 23.2. The van der Waals surface area contributed by atoms with Crippen LogP contribution in [0.2, 0.25) is 0 Å². The molecule has 0 rings (SSSR count). The summed E-state index contributed by atoms with van der Waals surface area (Å²) in [6.45, 7) is 4.44. The van der Waals surface area contributed by atoms with Crippen LogP contribution in [0.1, 0.15) is 155 Å². The lowest BCUT2D eigenvalue weighted by atomic mass is 10.1. The van der Waals surface area contributed by atoms with E-state index in [0.29, 0.717) is 12.8 Å². The molecule has 0 radical (unpaired) electrons. The fraction of sp³-hybridized carbons (Fsp3) is 0.757. The van der Waals surface area contributed by atoms with Crippen molar-refractivity contribution >= 4 is 16.0 Å². The summed E-state index contributed by atoms with van der Waals surface area (Å²) in [7, 11) is -4.45. The molecular weight excluding hydrogens is 586 g/mol. The van der Waals surface area contributed by atoms with Crippen molar-refractivity contribution in [2.45, 2.75) is 173 Å². The monoisotopic (exact) mass is 653 g/mol. The Morgan fingerprint density at radius 1 is 0.622 bits per heavy atom. The van der Waals surface area contributed by atoms with Crippen LogP contribution in [0.3, 0.4) is 0 Å². The number of nitrogens with one attached hydrogen (secondary N) is 1. The molecular formula is C37H67NO6S.